The Morgan fingerprint density at radius 2 is 2.14 bits per heavy atom. The minimum Gasteiger partial charge on any atom is -0.396 e. The van der Waals surface area contributed by atoms with Gasteiger partial charge >= 0.3 is 6.03 Å². The molecule has 0 saturated heterocycles. The van der Waals surface area contributed by atoms with Crippen LogP contribution in [0.15, 0.2) is 24.3 Å². The summed E-state index contributed by atoms with van der Waals surface area (Å²) in [4.78, 5) is 12.3. The van der Waals surface area contributed by atoms with E-state index in [0.717, 1.165) is 19.3 Å². The van der Waals surface area contributed by atoms with Gasteiger partial charge in [-0.1, -0.05) is 38.1 Å². The largest absolute Gasteiger partial charge is 0.396 e. The standard InChI is InChI=1S/C18H28N2O2/c1-13(7-6-12-21)19-17(22)20-16-15-9-5-4-8-14(15)10-11-18(16,2)3/h4-5,8-9,13,16,21H,6-7,10-12H2,1-3H3,(H2,19,20,22). The van der Waals surface area contributed by atoms with Crippen LogP contribution in [0, 0.1) is 5.41 Å². The molecule has 2 amide bonds. The Kier molecular flexibility index (Phi) is 5.46. The summed E-state index contributed by atoms with van der Waals surface area (Å²) >= 11 is 0. The molecule has 0 heterocycles. The van der Waals surface area contributed by atoms with Gasteiger partial charge in [0.05, 0.1) is 6.04 Å². The van der Waals surface area contributed by atoms with Crippen molar-refractivity contribution in [3.8, 4) is 0 Å². The van der Waals surface area contributed by atoms with Crippen molar-refractivity contribution in [2.75, 3.05) is 6.61 Å². The Morgan fingerprint density at radius 1 is 1.41 bits per heavy atom. The van der Waals surface area contributed by atoms with E-state index in [9.17, 15) is 4.79 Å². The summed E-state index contributed by atoms with van der Waals surface area (Å²) in [5.41, 5.74) is 2.61. The Balaban J connectivity index is 2.05. The Hall–Kier alpha value is -1.55. The average molecular weight is 304 g/mol. The fourth-order valence-corrected chi connectivity index (χ4v) is 3.20. The minimum atomic E-state index is -0.125. The smallest absolute Gasteiger partial charge is 0.315 e. The number of rotatable bonds is 5. The van der Waals surface area contributed by atoms with Crippen molar-refractivity contribution < 1.29 is 9.90 Å². The van der Waals surface area contributed by atoms with E-state index in [1.807, 2.05) is 13.0 Å². The number of carbonyl (C=O) groups is 1. The lowest BCUT2D eigenvalue weighted by Crippen LogP contribution is -2.47. The molecule has 1 aromatic carbocycles. The van der Waals surface area contributed by atoms with Gasteiger partial charge in [-0.3, -0.25) is 0 Å². The number of nitrogens with one attached hydrogen (secondary N) is 2. The first-order valence-corrected chi connectivity index (χ1v) is 8.20. The van der Waals surface area contributed by atoms with E-state index in [-0.39, 0.29) is 30.1 Å². The highest BCUT2D eigenvalue weighted by molar-refractivity contribution is 5.75. The van der Waals surface area contributed by atoms with E-state index in [1.165, 1.54) is 11.1 Å². The first kappa shape index (κ1) is 16.8. The second-order valence-electron chi connectivity index (χ2n) is 7.01. The topological polar surface area (TPSA) is 61.4 Å². The van der Waals surface area contributed by atoms with Gasteiger partial charge < -0.3 is 15.7 Å². The van der Waals surface area contributed by atoms with E-state index < -0.39 is 0 Å². The van der Waals surface area contributed by atoms with Crippen molar-refractivity contribution in [3.63, 3.8) is 0 Å². The zero-order valence-corrected chi connectivity index (χ0v) is 13.9. The van der Waals surface area contributed by atoms with E-state index in [4.69, 9.17) is 5.11 Å². The van der Waals surface area contributed by atoms with E-state index in [0.29, 0.717) is 6.42 Å². The molecule has 1 aliphatic carbocycles. The Bertz CT molecular complexity index is 514. The Morgan fingerprint density at radius 3 is 2.86 bits per heavy atom. The van der Waals surface area contributed by atoms with Crippen molar-refractivity contribution in [2.24, 2.45) is 5.41 Å². The maximum Gasteiger partial charge on any atom is 0.315 e. The molecule has 0 radical (unpaired) electrons. The third-order valence-corrected chi connectivity index (χ3v) is 4.63. The van der Waals surface area contributed by atoms with Crippen LogP contribution < -0.4 is 10.6 Å². The van der Waals surface area contributed by atoms with Gasteiger partial charge in [0, 0.05) is 12.6 Å². The molecule has 1 aliphatic rings. The highest BCUT2D eigenvalue weighted by Gasteiger charge is 2.36. The maximum absolute atomic E-state index is 12.3. The molecule has 3 N–H and O–H groups in total. The third-order valence-electron chi connectivity index (χ3n) is 4.63. The molecular weight excluding hydrogens is 276 g/mol. The number of aliphatic hydroxyl groups excluding tert-OH is 1. The molecule has 0 aliphatic heterocycles. The molecule has 0 aromatic heterocycles. The summed E-state index contributed by atoms with van der Waals surface area (Å²) in [5.74, 6) is 0. The van der Waals surface area contributed by atoms with Gasteiger partial charge in [-0.2, -0.15) is 0 Å². The summed E-state index contributed by atoms with van der Waals surface area (Å²) in [6, 6.07) is 8.34. The van der Waals surface area contributed by atoms with Gasteiger partial charge in [-0.25, -0.2) is 4.79 Å². The number of hydrogen-bond acceptors (Lipinski definition) is 2. The van der Waals surface area contributed by atoms with Crippen molar-refractivity contribution in [1.29, 1.82) is 0 Å². The first-order chi connectivity index (χ1) is 10.4. The lowest BCUT2D eigenvalue weighted by atomic mass is 9.70. The van der Waals surface area contributed by atoms with Crippen molar-refractivity contribution >= 4 is 6.03 Å². The minimum absolute atomic E-state index is 0.0301. The Labute approximate surface area is 133 Å². The third kappa shape index (κ3) is 4.01. The van der Waals surface area contributed by atoms with E-state index in [1.54, 1.807) is 0 Å². The normalized spacial score (nSPS) is 20.8. The number of benzene rings is 1. The fraction of sp³-hybridized carbons (Fsp3) is 0.611. The second-order valence-corrected chi connectivity index (χ2v) is 7.01. The fourth-order valence-electron chi connectivity index (χ4n) is 3.20. The molecule has 4 nitrogen and oxygen atoms in total. The summed E-state index contributed by atoms with van der Waals surface area (Å²) in [6.45, 7) is 6.55. The van der Waals surface area contributed by atoms with Gasteiger partial charge in [0.1, 0.15) is 0 Å². The van der Waals surface area contributed by atoms with E-state index >= 15 is 0 Å². The van der Waals surface area contributed by atoms with Gasteiger partial charge in [-0.05, 0) is 49.1 Å². The summed E-state index contributed by atoms with van der Waals surface area (Å²) < 4.78 is 0. The average Bonchev–Trinajstić information content (AvgIpc) is 2.48. The van der Waals surface area contributed by atoms with Crippen molar-refractivity contribution in [2.45, 2.75) is 58.5 Å². The highest BCUT2D eigenvalue weighted by Crippen LogP contribution is 2.43. The number of carbonyl (C=O) groups excluding carboxylic acids is 1. The second kappa shape index (κ2) is 7.14. The monoisotopic (exact) mass is 304 g/mol. The molecule has 122 valence electrons. The molecular formula is C18H28N2O2. The molecule has 0 bridgehead atoms. The van der Waals surface area contributed by atoms with Crippen LogP contribution in [-0.4, -0.2) is 23.8 Å². The molecule has 0 saturated carbocycles. The number of urea groups is 1. The molecule has 2 unspecified atom stereocenters. The van der Waals surface area contributed by atoms with Crippen LogP contribution >= 0.6 is 0 Å². The van der Waals surface area contributed by atoms with Gasteiger partial charge in [-0.15, -0.1) is 0 Å². The molecule has 2 atom stereocenters. The highest BCUT2D eigenvalue weighted by atomic mass is 16.3. The summed E-state index contributed by atoms with van der Waals surface area (Å²) in [6.07, 6.45) is 3.62. The number of amides is 2. The van der Waals surface area contributed by atoms with E-state index in [2.05, 4.69) is 42.7 Å². The van der Waals surface area contributed by atoms with Crippen LogP contribution in [0.25, 0.3) is 0 Å². The van der Waals surface area contributed by atoms with Crippen LogP contribution in [-0.2, 0) is 6.42 Å². The SMILES string of the molecule is CC(CCCO)NC(=O)NC1c2ccccc2CCC1(C)C. The lowest BCUT2D eigenvalue weighted by molar-refractivity contribution is 0.192. The quantitative estimate of drug-likeness (QED) is 0.782. The summed E-state index contributed by atoms with van der Waals surface area (Å²) in [5, 5.41) is 15.0. The molecule has 0 spiro atoms. The maximum atomic E-state index is 12.3. The van der Waals surface area contributed by atoms with Crippen LogP contribution in [0.1, 0.15) is 57.2 Å². The number of fused-ring (bicyclic) bond motifs is 1. The van der Waals surface area contributed by atoms with Crippen molar-refractivity contribution in [1.82, 2.24) is 10.6 Å². The van der Waals surface area contributed by atoms with Gasteiger partial charge in [0.2, 0.25) is 0 Å². The molecule has 1 aromatic rings. The van der Waals surface area contributed by atoms with Gasteiger partial charge in [0.25, 0.3) is 0 Å². The van der Waals surface area contributed by atoms with Crippen LogP contribution in [0.2, 0.25) is 0 Å². The predicted octanol–water partition coefficient (Wildman–Crippen LogP) is 3.16. The molecule has 0 fully saturated rings. The van der Waals surface area contributed by atoms with Crippen LogP contribution in [0.4, 0.5) is 4.79 Å². The van der Waals surface area contributed by atoms with Crippen molar-refractivity contribution in [3.05, 3.63) is 35.4 Å². The molecule has 22 heavy (non-hydrogen) atoms. The molecule has 4 heteroatoms. The number of hydrogen-bond donors (Lipinski definition) is 3. The number of aliphatic hydroxyl groups is 1. The summed E-state index contributed by atoms with van der Waals surface area (Å²) in [7, 11) is 0. The lowest BCUT2D eigenvalue weighted by Gasteiger charge is -2.40. The zero-order chi connectivity index (χ0) is 16.2. The van der Waals surface area contributed by atoms with Crippen LogP contribution in [0.3, 0.4) is 0 Å². The van der Waals surface area contributed by atoms with Gasteiger partial charge in [0.15, 0.2) is 0 Å². The first-order valence-electron chi connectivity index (χ1n) is 8.20. The van der Waals surface area contributed by atoms with Crippen LogP contribution in [0.5, 0.6) is 0 Å². The zero-order valence-electron chi connectivity index (χ0n) is 13.9. The number of aryl methyl sites for hydroxylation is 1. The predicted molar refractivity (Wildman–Crippen MR) is 88.7 cm³/mol. The molecule has 2 rings (SSSR count).